The number of carbonyl (C=O) groups excluding carboxylic acids is 1. The monoisotopic (exact) mass is 325 g/mol. The molecule has 0 atom stereocenters. The largest absolute Gasteiger partial charge is 0.444 e. The van der Waals surface area contributed by atoms with Crippen molar-refractivity contribution in [2.45, 2.75) is 83.4 Å². The Morgan fingerprint density at radius 2 is 1.70 bits per heavy atom. The van der Waals surface area contributed by atoms with Crippen LogP contribution in [0.4, 0.5) is 4.79 Å². The van der Waals surface area contributed by atoms with Crippen LogP contribution in [0.5, 0.6) is 0 Å². The van der Waals surface area contributed by atoms with Crippen molar-refractivity contribution in [2.75, 3.05) is 26.2 Å². The lowest BCUT2D eigenvalue weighted by Crippen LogP contribution is -2.44. The summed E-state index contributed by atoms with van der Waals surface area (Å²) in [6.45, 7) is 10.6. The molecule has 5 heteroatoms. The van der Waals surface area contributed by atoms with E-state index in [4.69, 9.17) is 4.74 Å². The van der Waals surface area contributed by atoms with Gasteiger partial charge in [-0.2, -0.15) is 0 Å². The van der Waals surface area contributed by atoms with Gasteiger partial charge >= 0.3 is 6.09 Å². The molecule has 1 heterocycles. The predicted molar refractivity (Wildman–Crippen MR) is 93.7 cm³/mol. The minimum Gasteiger partial charge on any atom is -0.444 e. The summed E-state index contributed by atoms with van der Waals surface area (Å²) >= 11 is 0. The van der Waals surface area contributed by atoms with Crippen LogP contribution in [0.2, 0.25) is 0 Å². The van der Waals surface area contributed by atoms with Gasteiger partial charge in [0, 0.05) is 12.1 Å². The third-order valence-electron chi connectivity index (χ3n) is 4.73. The van der Waals surface area contributed by atoms with Crippen molar-refractivity contribution >= 4 is 6.09 Å². The highest BCUT2D eigenvalue weighted by Crippen LogP contribution is 2.19. The van der Waals surface area contributed by atoms with Gasteiger partial charge in [-0.3, -0.25) is 0 Å². The summed E-state index contributed by atoms with van der Waals surface area (Å²) in [7, 11) is 0. The lowest BCUT2D eigenvalue weighted by molar-refractivity contribution is 0.0490. The van der Waals surface area contributed by atoms with E-state index in [1.165, 1.54) is 38.9 Å². The Morgan fingerprint density at radius 3 is 2.30 bits per heavy atom. The molecule has 23 heavy (non-hydrogen) atoms. The molecule has 0 aromatic rings. The highest BCUT2D eigenvalue weighted by molar-refractivity contribution is 5.68. The molecule has 0 aromatic heterocycles. The summed E-state index contributed by atoms with van der Waals surface area (Å²) < 4.78 is 5.33. The Morgan fingerprint density at radius 1 is 1.09 bits per heavy atom. The minimum atomic E-state index is -0.418. The van der Waals surface area contributed by atoms with Crippen LogP contribution in [0.3, 0.4) is 0 Å². The molecule has 2 aliphatic rings. The second kappa shape index (κ2) is 8.88. The zero-order chi connectivity index (χ0) is 16.7. The average Bonchev–Trinajstić information content (AvgIpc) is 2.96. The van der Waals surface area contributed by atoms with Crippen LogP contribution < -0.4 is 10.6 Å². The Hall–Kier alpha value is -0.810. The summed E-state index contributed by atoms with van der Waals surface area (Å²) in [5.41, 5.74) is -0.418. The van der Waals surface area contributed by atoms with E-state index in [1.54, 1.807) is 0 Å². The van der Waals surface area contributed by atoms with Gasteiger partial charge in [-0.25, -0.2) is 4.79 Å². The first-order chi connectivity index (χ1) is 10.9. The number of amides is 1. The smallest absolute Gasteiger partial charge is 0.407 e. The Labute approximate surface area is 141 Å². The Bertz CT molecular complexity index is 354. The number of hydrogen-bond donors (Lipinski definition) is 2. The number of nitrogens with zero attached hydrogens (tertiary/aromatic N) is 1. The maximum absolute atomic E-state index is 11.8. The first kappa shape index (κ1) is 18.5. The maximum atomic E-state index is 11.8. The third-order valence-corrected chi connectivity index (χ3v) is 4.73. The van der Waals surface area contributed by atoms with E-state index in [9.17, 15) is 4.79 Å². The number of rotatable bonds is 6. The number of likely N-dealkylation sites (tertiary alicyclic amines) is 1. The topological polar surface area (TPSA) is 53.6 Å². The second-order valence-corrected chi connectivity index (χ2v) is 8.05. The van der Waals surface area contributed by atoms with Gasteiger partial charge < -0.3 is 20.3 Å². The maximum Gasteiger partial charge on any atom is 0.407 e. The minimum absolute atomic E-state index is 0.271. The van der Waals surface area contributed by atoms with E-state index >= 15 is 0 Å². The van der Waals surface area contributed by atoms with Crippen LogP contribution in [-0.2, 0) is 4.74 Å². The Balaban J connectivity index is 1.52. The molecule has 1 aliphatic carbocycles. The predicted octanol–water partition coefficient (Wildman–Crippen LogP) is 2.90. The van der Waals surface area contributed by atoms with Crippen molar-refractivity contribution in [3.8, 4) is 0 Å². The van der Waals surface area contributed by atoms with Gasteiger partial charge in [0.05, 0.1) is 0 Å². The van der Waals surface area contributed by atoms with Crippen molar-refractivity contribution in [3.63, 3.8) is 0 Å². The van der Waals surface area contributed by atoms with E-state index in [1.807, 2.05) is 20.8 Å². The van der Waals surface area contributed by atoms with Gasteiger partial charge in [0.1, 0.15) is 5.60 Å². The highest BCUT2D eigenvalue weighted by atomic mass is 16.6. The van der Waals surface area contributed by atoms with Gasteiger partial charge in [-0.05, 0) is 91.9 Å². The summed E-state index contributed by atoms with van der Waals surface area (Å²) in [6.07, 6.45) is 8.10. The molecule has 0 radical (unpaired) electrons. The first-order valence-corrected chi connectivity index (χ1v) is 9.37. The molecule has 1 amide bonds. The van der Waals surface area contributed by atoms with E-state index in [-0.39, 0.29) is 12.1 Å². The lowest BCUT2D eigenvalue weighted by Gasteiger charge is -2.30. The average molecular weight is 325 g/mol. The van der Waals surface area contributed by atoms with Gasteiger partial charge in [-0.1, -0.05) is 0 Å². The molecule has 0 bridgehead atoms. The molecule has 0 aromatic carbocycles. The van der Waals surface area contributed by atoms with Gasteiger partial charge in [-0.15, -0.1) is 0 Å². The number of nitrogens with one attached hydrogen (secondary N) is 2. The normalized spacial score (nSPS) is 26.2. The van der Waals surface area contributed by atoms with Crippen LogP contribution in [0.25, 0.3) is 0 Å². The van der Waals surface area contributed by atoms with Crippen molar-refractivity contribution < 1.29 is 9.53 Å². The number of carbonyl (C=O) groups is 1. The lowest BCUT2D eigenvalue weighted by atomic mass is 9.91. The van der Waals surface area contributed by atoms with Gasteiger partial charge in [0.15, 0.2) is 0 Å². The fraction of sp³-hybridized carbons (Fsp3) is 0.944. The Kier molecular flexibility index (Phi) is 7.15. The number of alkyl carbamates (subject to hydrolysis) is 1. The molecule has 134 valence electrons. The van der Waals surface area contributed by atoms with Crippen LogP contribution in [0.1, 0.15) is 65.7 Å². The second-order valence-electron chi connectivity index (χ2n) is 8.05. The molecule has 0 unspecified atom stereocenters. The van der Waals surface area contributed by atoms with Crippen molar-refractivity contribution in [1.29, 1.82) is 0 Å². The molecule has 1 saturated carbocycles. The molecule has 0 spiro atoms. The highest BCUT2D eigenvalue weighted by Gasteiger charge is 2.24. The summed E-state index contributed by atoms with van der Waals surface area (Å²) in [4.78, 5) is 14.4. The summed E-state index contributed by atoms with van der Waals surface area (Å²) in [5.74, 6) is 0. The molecule has 2 rings (SSSR count). The molecular weight excluding hydrogens is 290 g/mol. The summed E-state index contributed by atoms with van der Waals surface area (Å²) in [6, 6.07) is 0.887. The van der Waals surface area contributed by atoms with Crippen LogP contribution in [-0.4, -0.2) is 54.9 Å². The zero-order valence-electron chi connectivity index (χ0n) is 15.2. The van der Waals surface area contributed by atoms with Gasteiger partial charge in [0.25, 0.3) is 0 Å². The molecule has 1 aliphatic heterocycles. The van der Waals surface area contributed by atoms with E-state index in [0.29, 0.717) is 6.04 Å². The molecular formula is C18H35N3O2. The molecule has 1 saturated heterocycles. The summed E-state index contributed by atoms with van der Waals surface area (Å²) in [5, 5.41) is 6.69. The van der Waals surface area contributed by atoms with Crippen LogP contribution in [0.15, 0.2) is 0 Å². The first-order valence-electron chi connectivity index (χ1n) is 9.37. The van der Waals surface area contributed by atoms with E-state index in [2.05, 4.69) is 15.5 Å². The van der Waals surface area contributed by atoms with Crippen molar-refractivity contribution in [3.05, 3.63) is 0 Å². The van der Waals surface area contributed by atoms with E-state index in [0.717, 1.165) is 32.2 Å². The molecule has 2 fully saturated rings. The standard InChI is InChI=1S/C18H35N3O2/c1-18(2,3)23-17(22)20-16-9-7-15(8-10-16)19-11-6-14-21-12-4-5-13-21/h15-16,19H,4-14H2,1-3H3,(H,20,22). The third kappa shape index (κ3) is 7.53. The fourth-order valence-corrected chi connectivity index (χ4v) is 3.53. The molecule has 5 nitrogen and oxygen atoms in total. The zero-order valence-corrected chi connectivity index (χ0v) is 15.2. The quantitative estimate of drug-likeness (QED) is 0.737. The fourth-order valence-electron chi connectivity index (χ4n) is 3.53. The number of ether oxygens (including phenoxy) is 1. The SMILES string of the molecule is CC(C)(C)OC(=O)NC1CCC(NCCCN2CCCC2)CC1. The van der Waals surface area contributed by atoms with Crippen LogP contribution >= 0.6 is 0 Å². The van der Waals surface area contributed by atoms with Crippen LogP contribution in [0, 0.1) is 0 Å². The van der Waals surface area contributed by atoms with E-state index < -0.39 is 5.60 Å². The van der Waals surface area contributed by atoms with Crippen molar-refractivity contribution in [1.82, 2.24) is 15.5 Å². The van der Waals surface area contributed by atoms with Crippen molar-refractivity contribution in [2.24, 2.45) is 0 Å². The van der Waals surface area contributed by atoms with Gasteiger partial charge in [0.2, 0.25) is 0 Å². The number of hydrogen-bond acceptors (Lipinski definition) is 4. The molecule has 2 N–H and O–H groups in total.